The molecule has 2 rings (SSSR count). The van der Waals surface area contributed by atoms with Crippen molar-refractivity contribution in [2.45, 2.75) is 11.3 Å². The molecular weight excluding hydrogens is 334 g/mol. The van der Waals surface area contributed by atoms with Crippen molar-refractivity contribution in [1.29, 1.82) is 0 Å². The van der Waals surface area contributed by atoms with E-state index in [4.69, 9.17) is 0 Å². The van der Waals surface area contributed by atoms with Crippen LogP contribution in [0.4, 0.5) is 0 Å². The van der Waals surface area contributed by atoms with Crippen molar-refractivity contribution in [1.82, 2.24) is 5.32 Å². The molecule has 1 aromatic rings. The molecule has 1 heterocycles. The van der Waals surface area contributed by atoms with Crippen LogP contribution in [-0.2, 0) is 29.9 Å². The molecule has 0 aromatic heterocycles. The van der Waals surface area contributed by atoms with Gasteiger partial charge in [0.2, 0.25) is 0 Å². The summed E-state index contributed by atoms with van der Waals surface area (Å²) >= 11 is 0. The minimum Gasteiger partial charge on any atom is -0.478 e. The van der Waals surface area contributed by atoms with E-state index in [0.29, 0.717) is 11.2 Å². The third-order valence-corrected chi connectivity index (χ3v) is 4.52. The first-order valence-electron chi connectivity index (χ1n) is 6.77. The Hall–Kier alpha value is -2.96. The van der Waals surface area contributed by atoms with Gasteiger partial charge in [-0.1, -0.05) is 18.2 Å². The molecule has 0 saturated heterocycles. The lowest BCUT2D eigenvalue weighted by atomic mass is 10.0. The SMILES string of the molecule is O=C=COC(=O)C1=CNC(C[S@](=O)c2ccccc2)=C(C(=O)O)C1. The fourth-order valence-corrected chi connectivity index (χ4v) is 3.16. The van der Waals surface area contributed by atoms with E-state index in [1.54, 1.807) is 30.3 Å². The number of hydrogen-bond acceptors (Lipinski definition) is 6. The first kappa shape index (κ1) is 17.4. The lowest BCUT2D eigenvalue weighted by Crippen LogP contribution is -2.25. The molecule has 0 saturated carbocycles. The van der Waals surface area contributed by atoms with Crippen molar-refractivity contribution in [3.63, 3.8) is 0 Å². The molecule has 0 amide bonds. The standard InChI is InChI=1S/C16H13NO6S/c18-6-7-23-16(21)11-8-13(15(19)20)14(17-9-11)10-24(22)12-4-2-1-3-5-12/h1-5,7,9,17H,8,10H2,(H,19,20)/t24-/m0/s1. The summed E-state index contributed by atoms with van der Waals surface area (Å²) in [7, 11) is -1.43. The Morgan fingerprint density at radius 3 is 2.67 bits per heavy atom. The van der Waals surface area contributed by atoms with Crippen molar-refractivity contribution in [3.05, 3.63) is 59.6 Å². The number of dihydropyridines is 1. The Kier molecular flexibility index (Phi) is 5.83. The molecule has 24 heavy (non-hydrogen) atoms. The number of carboxylic acids is 1. The number of ether oxygens (including phenoxy) is 1. The number of carbonyl (C=O) groups excluding carboxylic acids is 2. The summed E-state index contributed by atoms with van der Waals surface area (Å²) in [5.74, 6) is -0.822. The molecule has 0 bridgehead atoms. The average Bonchev–Trinajstić information content (AvgIpc) is 2.60. The second-order valence-electron chi connectivity index (χ2n) is 4.70. The zero-order valence-corrected chi connectivity index (χ0v) is 13.2. The summed E-state index contributed by atoms with van der Waals surface area (Å²) in [6, 6.07) is 8.63. The molecule has 0 radical (unpaired) electrons. The van der Waals surface area contributed by atoms with E-state index >= 15 is 0 Å². The Bertz CT molecular complexity index is 790. The number of nitrogens with one attached hydrogen (secondary N) is 1. The van der Waals surface area contributed by atoms with Crippen LogP contribution in [0, 0.1) is 0 Å². The van der Waals surface area contributed by atoms with E-state index in [1.165, 1.54) is 12.1 Å². The van der Waals surface area contributed by atoms with Gasteiger partial charge in [-0.15, -0.1) is 0 Å². The quantitative estimate of drug-likeness (QED) is 0.447. The normalized spacial score (nSPS) is 14.8. The monoisotopic (exact) mass is 347 g/mol. The van der Waals surface area contributed by atoms with Crippen molar-refractivity contribution in [2.24, 2.45) is 0 Å². The van der Waals surface area contributed by atoms with Crippen LogP contribution in [0.15, 0.2) is 64.5 Å². The Balaban J connectivity index is 2.17. The summed E-state index contributed by atoms with van der Waals surface area (Å²) in [6.45, 7) is 0. The number of esters is 1. The maximum Gasteiger partial charge on any atom is 0.341 e. The second kappa shape index (κ2) is 8.05. The van der Waals surface area contributed by atoms with E-state index in [9.17, 15) is 23.7 Å². The molecule has 1 atom stereocenters. The fraction of sp³-hybridized carbons (Fsp3) is 0.125. The van der Waals surface area contributed by atoms with Crippen LogP contribution in [0.3, 0.4) is 0 Å². The number of hydrogen-bond donors (Lipinski definition) is 2. The van der Waals surface area contributed by atoms with Crippen molar-refractivity contribution < 1.29 is 28.4 Å². The highest BCUT2D eigenvalue weighted by molar-refractivity contribution is 7.85. The Labute approximate surface area is 139 Å². The smallest absolute Gasteiger partial charge is 0.341 e. The van der Waals surface area contributed by atoms with Crippen LogP contribution in [0.2, 0.25) is 0 Å². The van der Waals surface area contributed by atoms with Crippen molar-refractivity contribution in [2.75, 3.05) is 5.75 Å². The summed E-state index contributed by atoms with van der Waals surface area (Å²) in [5, 5.41) is 12.0. The minimum atomic E-state index is -1.43. The Morgan fingerprint density at radius 1 is 1.33 bits per heavy atom. The van der Waals surface area contributed by atoms with Gasteiger partial charge in [0.1, 0.15) is 0 Å². The molecule has 1 aliphatic rings. The second-order valence-corrected chi connectivity index (χ2v) is 6.15. The van der Waals surface area contributed by atoms with Gasteiger partial charge in [-0.2, -0.15) is 0 Å². The van der Waals surface area contributed by atoms with E-state index < -0.39 is 22.7 Å². The van der Waals surface area contributed by atoms with Gasteiger partial charge in [-0.3, -0.25) is 4.21 Å². The molecule has 1 aromatic carbocycles. The molecule has 0 unspecified atom stereocenters. The molecule has 2 N–H and O–H groups in total. The number of rotatable bonds is 6. The molecule has 124 valence electrons. The molecular formula is C16H13NO6S. The average molecular weight is 347 g/mol. The molecule has 1 aliphatic heterocycles. The number of carboxylic acid groups (broad SMARTS) is 1. The van der Waals surface area contributed by atoms with E-state index in [2.05, 4.69) is 10.1 Å². The van der Waals surface area contributed by atoms with Crippen LogP contribution in [0.25, 0.3) is 0 Å². The first-order valence-corrected chi connectivity index (χ1v) is 8.09. The van der Waals surface area contributed by atoms with Gasteiger partial charge in [-0.05, 0) is 12.1 Å². The molecule has 0 fully saturated rings. The van der Waals surface area contributed by atoms with Crippen LogP contribution < -0.4 is 5.32 Å². The van der Waals surface area contributed by atoms with E-state index in [0.717, 1.165) is 0 Å². The minimum absolute atomic E-state index is 0.0291. The predicted molar refractivity (Wildman–Crippen MR) is 84.6 cm³/mol. The van der Waals surface area contributed by atoms with Gasteiger partial charge >= 0.3 is 11.9 Å². The zero-order chi connectivity index (χ0) is 17.5. The number of carbonyl (C=O) groups is 2. The summed E-state index contributed by atoms with van der Waals surface area (Å²) in [4.78, 5) is 33.7. The maximum atomic E-state index is 12.3. The third kappa shape index (κ3) is 4.28. The molecule has 0 aliphatic carbocycles. The van der Waals surface area contributed by atoms with E-state index in [1.807, 2.05) is 0 Å². The van der Waals surface area contributed by atoms with Gasteiger partial charge in [-0.25, -0.2) is 14.4 Å². The molecule has 8 heteroatoms. The highest BCUT2D eigenvalue weighted by Crippen LogP contribution is 2.22. The summed E-state index contributed by atoms with van der Waals surface area (Å²) < 4.78 is 16.8. The fourth-order valence-electron chi connectivity index (χ4n) is 2.01. The summed E-state index contributed by atoms with van der Waals surface area (Å²) in [6.07, 6.45) is 1.63. The zero-order valence-electron chi connectivity index (χ0n) is 12.4. The number of benzene rings is 1. The highest BCUT2D eigenvalue weighted by atomic mass is 32.2. The maximum absolute atomic E-state index is 12.3. The van der Waals surface area contributed by atoms with E-state index in [-0.39, 0.29) is 29.0 Å². The third-order valence-electron chi connectivity index (χ3n) is 3.17. The lowest BCUT2D eigenvalue weighted by Gasteiger charge is -2.18. The first-order chi connectivity index (χ1) is 11.5. The van der Waals surface area contributed by atoms with Gasteiger partial charge in [0.15, 0.2) is 12.2 Å². The Morgan fingerprint density at radius 2 is 2.04 bits per heavy atom. The van der Waals surface area contributed by atoms with Crippen molar-refractivity contribution in [3.8, 4) is 0 Å². The predicted octanol–water partition coefficient (Wildman–Crippen LogP) is 0.899. The number of aliphatic carboxylic acids is 1. The van der Waals surface area contributed by atoms with Gasteiger partial charge in [0.25, 0.3) is 0 Å². The van der Waals surface area contributed by atoms with Crippen LogP contribution in [-0.4, -0.2) is 32.9 Å². The van der Waals surface area contributed by atoms with Gasteiger partial charge in [0.05, 0.1) is 27.7 Å². The molecule has 0 spiro atoms. The van der Waals surface area contributed by atoms with Crippen molar-refractivity contribution >= 4 is 28.7 Å². The topological polar surface area (TPSA) is 110 Å². The van der Waals surface area contributed by atoms with Crippen LogP contribution >= 0.6 is 0 Å². The van der Waals surface area contributed by atoms with Gasteiger partial charge < -0.3 is 15.2 Å². The van der Waals surface area contributed by atoms with Crippen LogP contribution in [0.5, 0.6) is 0 Å². The largest absolute Gasteiger partial charge is 0.478 e. The van der Waals surface area contributed by atoms with Gasteiger partial charge in [0, 0.05) is 23.2 Å². The molecule has 7 nitrogen and oxygen atoms in total. The highest BCUT2D eigenvalue weighted by Gasteiger charge is 2.25. The lowest BCUT2D eigenvalue weighted by molar-refractivity contribution is -0.133. The summed E-state index contributed by atoms with van der Waals surface area (Å²) in [5.41, 5.74) is 0.212. The van der Waals surface area contributed by atoms with Crippen LogP contribution in [0.1, 0.15) is 6.42 Å².